The highest BCUT2D eigenvalue weighted by atomic mass is 16.5. The first-order chi connectivity index (χ1) is 14.2. The molecule has 6 nitrogen and oxygen atoms in total. The maximum Gasteiger partial charge on any atom is 0.254 e. The van der Waals surface area contributed by atoms with Gasteiger partial charge in [0.15, 0.2) is 0 Å². The number of carbonyl (C=O) groups excluding carboxylic acids is 1. The van der Waals surface area contributed by atoms with Gasteiger partial charge in [-0.3, -0.25) is 4.79 Å². The summed E-state index contributed by atoms with van der Waals surface area (Å²) in [6, 6.07) is 13.8. The lowest BCUT2D eigenvalue weighted by Gasteiger charge is -2.32. The Morgan fingerprint density at radius 1 is 1.28 bits per heavy atom. The van der Waals surface area contributed by atoms with Crippen LogP contribution in [0.15, 0.2) is 48.8 Å². The summed E-state index contributed by atoms with van der Waals surface area (Å²) in [5.74, 6) is 1.74. The molecule has 2 aromatic carbocycles. The molecule has 0 aliphatic carbocycles. The number of carbonyl (C=O) groups is 1. The fourth-order valence-electron chi connectivity index (χ4n) is 4.27. The summed E-state index contributed by atoms with van der Waals surface area (Å²) in [5.41, 5.74) is 4.90. The molecule has 0 fully saturated rings. The fraction of sp³-hybridized carbons (Fsp3) is 0.304. The Morgan fingerprint density at radius 2 is 2.21 bits per heavy atom. The average Bonchev–Trinajstić information content (AvgIpc) is 3.26. The topological polar surface area (TPSA) is 67.4 Å². The largest absolute Gasteiger partial charge is 0.497 e. The van der Waals surface area contributed by atoms with Crippen molar-refractivity contribution in [2.45, 2.75) is 25.3 Å². The number of nitrogens with zero attached hydrogens (tertiary/aromatic N) is 2. The Labute approximate surface area is 169 Å². The molecule has 6 heteroatoms. The molecule has 1 amide bonds. The predicted octanol–water partition coefficient (Wildman–Crippen LogP) is 3.53. The number of aromatic nitrogens is 2. The number of imidazole rings is 1. The van der Waals surface area contributed by atoms with Gasteiger partial charge in [-0.2, -0.15) is 0 Å². The Kier molecular flexibility index (Phi) is 4.46. The standard InChI is InChI=1S/C23H23N3O3/c1-28-18-6-2-4-15(11-18)19-12-26(13-20-22(19)25-14-24-20)23(27)17-7-8-21-16(10-17)5-3-9-29-21/h2,4,6-8,10-11,14,19H,3,5,9,12-13H2,1H3,(H,24,25). The van der Waals surface area contributed by atoms with Crippen LogP contribution in [0.3, 0.4) is 0 Å². The lowest BCUT2D eigenvalue weighted by molar-refractivity contribution is 0.0721. The molecule has 1 atom stereocenters. The number of nitrogens with one attached hydrogen (secondary N) is 1. The number of aromatic amines is 1. The second-order valence-electron chi connectivity index (χ2n) is 7.56. The zero-order valence-corrected chi connectivity index (χ0v) is 16.4. The minimum Gasteiger partial charge on any atom is -0.497 e. The number of H-pyrrole nitrogens is 1. The highest BCUT2D eigenvalue weighted by Crippen LogP contribution is 2.34. The number of hydrogen-bond acceptors (Lipinski definition) is 4. The van der Waals surface area contributed by atoms with Gasteiger partial charge in [-0.25, -0.2) is 4.98 Å². The molecule has 2 aliphatic heterocycles. The second kappa shape index (κ2) is 7.28. The molecule has 3 aromatic rings. The summed E-state index contributed by atoms with van der Waals surface area (Å²) in [6.45, 7) is 1.86. The Morgan fingerprint density at radius 3 is 3.10 bits per heavy atom. The third kappa shape index (κ3) is 3.24. The first-order valence-corrected chi connectivity index (χ1v) is 9.94. The second-order valence-corrected chi connectivity index (χ2v) is 7.56. The normalized spacial score (nSPS) is 17.8. The molecule has 29 heavy (non-hydrogen) atoms. The van der Waals surface area contributed by atoms with E-state index >= 15 is 0 Å². The van der Waals surface area contributed by atoms with Gasteiger partial charge in [-0.1, -0.05) is 12.1 Å². The Bertz CT molecular complexity index is 1060. The summed E-state index contributed by atoms with van der Waals surface area (Å²) >= 11 is 0. The van der Waals surface area contributed by atoms with Crippen LogP contribution in [0.2, 0.25) is 0 Å². The first kappa shape index (κ1) is 17.8. The quantitative estimate of drug-likeness (QED) is 0.744. The van der Waals surface area contributed by atoms with Crippen LogP contribution in [-0.4, -0.2) is 41.0 Å². The van der Waals surface area contributed by atoms with Crippen molar-refractivity contribution in [3.05, 3.63) is 76.9 Å². The molecule has 148 valence electrons. The van der Waals surface area contributed by atoms with Crippen LogP contribution in [0.4, 0.5) is 0 Å². The van der Waals surface area contributed by atoms with Gasteiger partial charge in [0.05, 0.1) is 38.0 Å². The molecule has 2 aliphatic rings. The van der Waals surface area contributed by atoms with Gasteiger partial charge in [-0.15, -0.1) is 0 Å². The first-order valence-electron chi connectivity index (χ1n) is 9.94. The van der Waals surface area contributed by atoms with Crippen LogP contribution in [0.1, 0.15) is 45.2 Å². The number of benzene rings is 2. The summed E-state index contributed by atoms with van der Waals surface area (Å²) in [7, 11) is 1.66. The predicted molar refractivity (Wildman–Crippen MR) is 108 cm³/mol. The minimum absolute atomic E-state index is 0.00464. The SMILES string of the molecule is COc1cccc(C2CN(C(=O)c3ccc4c(c3)CCCO4)Cc3[nH]cnc32)c1. The van der Waals surface area contributed by atoms with Crippen LogP contribution in [0.25, 0.3) is 0 Å². The third-order valence-electron chi connectivity index (χ3n) is 5.77. The van der Waals surface area contributed by atoms with E-state index in [4.69, 9.17) is 9.47 Å². The van der Waals surface area contributed by atoms with Gasteiger partial charge >= 0.3 is 0 Å². The average molecular weight is 389 g/mol. The van der Waals surface area contributed by atoms with E-state index in [-0.39, 0.29) is 11.8 Å². The summed E-state index contributed by atoms with van der Waals surface area (Å²) in [4.78, 5) is 23.0. The molecule has 0 bridgehead atoms. The fourth-order valence-corrected chi connectivity index (χ4v) is 4.27. The van der Waals surface area contributed by atoms with E-state index in [2.05, 4.69) is 16.0 Å². The molecule has 0 saturated carbocycles. The summed E-state index contributed by atoms with van der Waals surface area (Å²) in [6.07, 6.45) is 3.65. The van der Waals surface area contributed by atoms with Gasteiger partial charge in [0, 0.05) is 18.0 Å². The molecule has 0 saturated heterocycles. The molecule has 5 rings (SSSR count). The van der Waals surface area contributed by atoms with Gasteiger partial charge in [0.25, 0.3) is 5.91 Å². The molecule has 0 spiro atoms. The van der Waals surface area contributed by atoms with Crippen molar-refractivity contribution < 1.29 is 14.3 Å². The van der Waals surface area contributed by atoms with Crippen LogP contribution in [-0.2, 0) is 13.0 Å². The van der Waals surface area contributed by atoms with Gasteiger partial charge in [-0.05, 0) is 54.3 Å². The monoisotopic (exact) mass is 389 g/mol. The van der Waals surface area contributed by atoms with E-state index in [1.54, 1.807) is 13.4 Å². The van der Waals surface area contributed by atoms with Crippen molar-refractivity contribution in [2.24, 2.45) is 0 Å². The third-order valence-corrected chi connectivity index (χ3v) is 5.77. The van der Waals surface area contributed by atoms with Gasteiger partial charge < -0.3 is 19.4 Å². The van der Waals surface area contributed by atoms with Crippen molar-refractivity contribution in [3.8, 4) is 11.5 Å². The maximum atomic E-state index is 13.3. The van der Waals surface area contributed by atoms with Crippen LogP contribution >= 0.6 is 0 Å². The number of amides is 1. The van der Waals surface area contributed by atoms with Crippen LogP contribution < -0.4 is 9.47 Å². The van der Waals surface area contributed by atoms with E-state index in [9.17, 15) is 4.79 Å². The maximum absolute atomic E-state index is 13.3. The Balaban J connectivity index is 1.46. The number of fused-ring (bicyclic) bond motifs is 2. The lowest BCUT2D eigenvalue weighted by atomic mass is 9.90. The van der Waals surface area contributed by atoms with Crippen molar-refractivity contribution in [1.82, 2.24) is 14.9 Å². The van der Waals surface area contributed by atoms with Crippen molar-refractivity contribution in [2.75, 3.05) is 20.3 Å². The highest BCUT2D eigenvalue weighted by Gasteiger charge is 2.32. The van der Waals surface area contributed by atoms with Crippen molar-refractivity contribution in [3.63, 3.8) is 0 Å². The van der Waals surface area contributed by atoms with Crippen molar-refractivity contribution >= 4 is 5.91 Å². The zero-order valence-electron chi connectivity index (χ0n) is 16.4. The molecule has 1 N–H and O–H groups in total. The smallest absolute Gasteiger partial charge is 0.254 e. The molecular weight excluding hydrogens is 366 g/mol. The Hall–Kier alpha value is -3.28. The zero-order chi connectivity index (χ0) is 19.8. The van der Waals surface area contributed by atoms with Gasteiger partial charge in [0.1, 0.15) is 11.5 Å². The van der Waals surface area contributed by atoms with E-state index in [1.165, 1.54) is 0 Å². The number of ether oxygens (including phenoxy) is 2. The van der Waals surface area contributed by atoms with E-state index in [0.717, 1.165) is 53.5 Å². The van der Waals surface area contributed by atoms with E-state index in [0.29, 0.717) is 18.7 Å². The number of aryl methyl sites for hydroxylation is 1. The van der Waals surface area contributed by atoms with Crippen LogP contribution in [0.5, 0.6) is 11.5 Å². The molecule has 1 unspecified atom stereocenters. The van der Waals surface area contributed by atoms with Crippen molar-refractivity contribution in [1.29, 1.82) is 0 Å². The number of rotatable bonds is 3. The molecule has 0 radical (unpaired) electrons. The van der Waals surface area contributed by atoms with Gasteiger partial charge in [0.2, 0.25) is 0 Å². The lowest BCUT2D eigenvalue weighted by Crippen LogP contribution is -2.38. The van der Waals surface area contributed by atoms with E-state index in [1.807, 2.05) is 41.3 Å². The summed E-state index contributed by atoms with van der Waals surface area (Å²) in [5, 5.41) is 0. The minimum atomic E-state index is 0.00464. The molecule has 1 aromatic heterocycles. The molecular formula is C23H23N3O3. The van der Waals surface area contributed by atoms with Crippen LogP contribution in [0, 0.1) is 0 Å². The highest BCUT2D eigenvalue weighted by molar-refractivity contribution is 5.95. The number of methoxy groups -OCH3 is 1. The van der Waals surface area contributed by atoms with E-state index < -0.39 is 0 Å². The summed E-state index contributed by atoms with van der Waals surface area (Å²) < 4.78 is 11.1. The molecule has 3 heterocycles. The number of hydrogen-bond donors (Lipinski definition) is 1.